The molecule has 2 N–H and O–H groups in total. The predicted octanol–water partition coefficient (Wildman–Crippen LogP) is 4.22. The van der Waals surface area contributed by atoms with E-state index in [9.17, 15) is 14.9 Å². The Morgan fingerprint density at radius 1 is 0.963 bits per heavy atom. The summed E-state index contributed by atoms with van der Waals surface area (Å²) in [6.45, 7) is -0.0534. The Morgan fingerprint density at radius 3 is 2.56 bits per heavy atom. The molecular weight excluding hydrogens is 342 g/mol. The molecule has 4 rings (SSSR count). The molecule has 0 heterocycles. The van der Waals surface area contributed by atoms with E-state index in [1.165, 1.54) is 28.3 Å². The molecule has 0 aliphatic heterocycles. The molecule has 1 aliphatic rings. The first-order valence-electron chi connectivity index (χ1n) is 8.60. The van der Waals surface area contributed by atoms with Gasteiger partial charge in [-0.3, -0.25) is 14.9 Å². The fourth-order valence-electron chi connectivity index (χ4n) is 3.39. The number of amides is 1. The van der Waals surface area contributed by atoms with Gasteiger partial charge in [0.05, 0.1) is 11.5 Å². The van der Waals surface area contributed by atoms with Gasteiger partial charge < -0.3 is 10.6 Å². The van der Waals surface area contributed by atoms with E-state index in [-0.39, 0.29) is 18.1 Å². The minimum atomic E-state index is -0.474. The number of rotatable bonds is 5. The van der Waals surface area contributed by atoms with Crippen molar-refractivity contribution >= 4 is 23.0 Å². The van der Waals surface area contributed by atoms with Gasteiger partial charge in [-0.05, 0) is 46.9 Å². The zero-order valence-electron chi connectivity index (χ0n) is 14.4. The van der Waals surface area contributed by atoms with Crippen LogP contribution in [0.4, 0.5) is 17.1 Å². The maximum absolute atomic E-state index is 12.2. The normalized spacial score (nSPS) is 11.4. The number of carbonyl (C=O) groups is 1. The standard InChI is InChI=1S/C21H17N3O3/c25-21(13-22-19-7-3-4-8-20(19)24(26)27)23-16-9-10-18-15(12-16)11-14-5-1-2-6-17(14)18/h1-10,12,22H,11,13H2,(H,23,25). The summed E-state index contributed by atoms with van der Waals surface area (Å²) in [6.07, 6.45) is 0.851. The summed E-state index contributed by atoms with van der Waals surface area (Å²) >= 11 is 0. The summed E-state index contributed by atoms with van der Waals surface area (Å²) in [4.78, 5) is 22.8. The fourth-order valence-corrected chi connectivity index (χ4v) is 3.39. The number of nitrogens with zero attached hydrogens (tertiary/aromatic N) is 1. The molecule has 3 aromatic rings. The minimum absolute atomic E-state index is 0.0534. The van der Waals surface area contributed by atoms with Crippen LogP contribution in [-0.2, 0) is 11.2 Å². The molecule has 134 valence electrons. The van der Waals surface area contributed by atoms with Crippen molar-refractivity contribution in [2.24, 2.45) is 0 Å². The molecule has 0 saturated carbocycles. The van der Waals surface area contributed by atoms with Crippen LogP contribution in [0.15, 0.2) is 66.7 Å². The van der Waals surface area contributed by atoms with E-state index < -0.39 is 4.92 Å². The highest BCUT2D eigenvalue weighted by atomic mass is 16.6. The molecule has 0 radical (unpaired) electrons. The predicted molar refractivity (Wildman–Crippen MR) is 105 cm³/mol. The number of fused-ring (bicyclic) bond motifs is 3. The Kier molecular flexibility index (Phi) is 4.30. The largest absolute Gasteiger partial charge is 0.371 e. The summed E-state index contributed by atoms with van der Waals surface area (Å²) in [6, 6.07) is 20.4. The van der Waals surface area contributed by atoms with Gasteiger partial charge in [-0.25, -0.2) is 0 Å². The second-order valence-electron chi connectivity index (χ2n) is 6.38. The molecular formula is C21H17N3O3. The number of hydrogen-bond acceptors (Lipinski definition) is 4. The van der Waals surface area contributed by atoms with Crippen LogP contribution in [0.3, 0.4) is 0 Å². The summed E-state index contributed by atoms with van der Waals surface area (Å²) in [5.41, 5.74) is 5.89. The van der Waals surface area contributed by atoms with Crippen LogP contribution in [0.5, 0.6) is 0 Å². The molecule has 0 unspecified atom stereocenters. The molecule has 6 nitrogen and oxygen atoms in total. The van der Waals surface area contributed by atoms with Crippen LogP contribution < -0.4 is 10.6 Å². The Hall–Kier alpha value is -3.67. The molecule has 0 spiro atoms. The SMILES string of the molecule is O=C(CNc1ccccc1[N+](=O)[O-])Nc1ccc2c(c1)Cc1ccccc1-2. The third-order valence-corrected chi connectivity index (χ3v) is 4.62. The van der Waals surface area contributed by atoms with Crippen molar-refractivity contribution < 1.29 is 9.72 Å². The van der Waals surface area contributed by atoms with Crippen LogP contribution in [0.25, 0.3) is 11.1 Å². The van der Waals surface area contributed by atoms with E-state index in [1.807, 2.05) is 30.3 Å². The van der Waals surface area contributed by atoms with Crippen molar-refractivity contribution in [3.8, 4) is 11.1 Å². The number of nitro benzene ring substituents is 1. The van der Waals surface area contributed by atoms with E-state index in [4.69, 9.17) is 0 Å². The lowest BCUT2D eigenvalue weighted by Crippen LogP contribution is -2.22. The van der Waals surface area contributed by atoms with E-state index in [2.05, 4.69) is 22.8 Å². The summed E-state index contributed by atoms with van der Waals surface area (Å²) in [7, 11) is 0. The highest BCUT2D eigenvalue weighted by Gasteiger charge is 2.18. The smallest absolute Gasteiger partial charge is 0.292 e. The van der Waals surface area contributed by atoms with Crippen molar-refractivity contribution in [3.63, 3.8) is 0 Å². The number of nitrogens with one attached hydrogen (secondary N) is 2. The molecule has 1 amide bonds. The zero-order valence-corrected chi connectivity index (χ0v) is 14.4. The monoisotopic (exact) mass is 359 g/mol. The molecule has 1 aliphatic carbocycles. The number of benzene rings is 3. The molecule has 0 aromatic heterocycles. The Labute approximate surface area is 156 Å². The highest BCUT2D eigenvalue weighted by molar-refractivity contribution is 5.94. The molecule has 0 atom stereocenters. The van der Waals surface area contributed by atoms with Crippen molar-refractivity contribution in [2.75, 3.05) is 17.2 Å². The van der Waals surface area contributed by atoms with E-state index >= 15 is 0 Å². The van der Waals surface area contributed by atoms with Gasteiger partial charge in [-0.1, -0.05) is 42.5 Å². The van der Waals surface area contributed by atoms with Gasteiger partial charge in [0.2, 0.25) is 5.91 Å². The average molecular weight is 359 g/mol. The number of hydrogen-bond donors (Lipinski definition) is 2. The quantitative estimate of drug-likeness (QED) is 0.413. The summed E-state index contributed by atoms with van der Waals surface area (Å²) in [5.74, 6) is -0.261. The van der Waals surface area contributed by atoms with Crippen LogP contribution in [-0.4, -0.2) is 17.4 Å². The first kappa shape index (κ1) is 16.8. The lowest BCUT2D eigenvalue weighted by molar-refractivity contribution is -0.383. The van der Waals surface area contributed by atoms with Crippen LogP contribution in [0, 0.1) is 10.1 Å². The Balaban J connectivity index is 1.43. The number of nitro groups is 1. The zero-order chi connectivity index (χ0) is 18.8. The third-order valence-electron chi connectivity index (χ3n) is 4.62. The number of carbonyl (C=O) groups excluding carboxylic acids is 1. The van der Waals surface area contributed by atoms with E-state index in [0.717, 1.165) is 12.1 Å². The van der Waals surface area contributed by atoms with Gasteiger partial charge in [-0.15, -0.1) is 0 Å². The van der Waals surface area contributed by atoms with Crippen LogP contribution in [0.1, 0.15) is 11.1 Å². The van der Waals surface area contributed by atoms with Gasteiger partial charge in [-0.2, -0.15) is 0 Å². The van der Waals surface area contributed by atoms with Gasteiger partial charge in [0.15, 0.2) is 0 Å². The van der Waals surface area contributed by atoms with Crippen molar-refractivity contribution in [2.45, 2.75) is 6.42 Å². The maximum atomic E-state index is 12.2. The second kappa shape index (κ2) is 6.92. The van der Waals surface area contributed by atoms with E-state index in [0.29, 0.717) is 5.69 Å². The lowest BCUT2D eigenvalue weighted by Gasteiger charge is -2.09. The third kappa shape index (κ3) is 3.37. The molecule has 0 bridgehead atoms. The fraction of sp³-hybridized carbons (Fsp3) is 0.0952. The Morgan fingerprint density at radius 2 is 1.70 bits per heavy atom. The molecule has 0 saturated heterocycles. The van der Waals surface area contributed by atoms with Gasteiger partial charge in [0, 0.05) is 11.8 Å². The van der Waals surface area contributed by atoms with Gasteiger partial charge in [0.25, 0.3) is 5.69 Å². The average Bonchev–Trinajstić information content (AvgIpc) is 3.04. The Bertz CT molecular complexity index is 1050. The van der Waals surface area contributed by atoms with Crippen molar-refractivity contribution in [3.05, 3.63) is 88.0 Å². The van der Waals surface area contributed by atoms with Crippen molar-refractivity contribution in [1.29, 1.82) is 0 Å². The second-order valence-corrected chi connectivity index (χ2v) is 6.38. The first-order chi connectivity index (χ1) is 13.1. The first-order valence-corrected chi connectivity index (χ1v) is 8.60. The van der Waals surface area contributed by atoms with E-state index in [1.54, 1.807) is 18.2 Å². The molecule has 6 heteroatoms. The molecule has 27 heavy (non-hydrogen) atoms. The van der Waals surface area contributed by atoms with Crippen LogP contribution >= 0.6 is 0 Å². The van der Waals surface area contributed by atoms with Gasteiger partial charge in [0.1, 0.15) is 5.69 Å². The topological polar surface area (TPSA) is 84.3 Å². The van der Waals surface area contributed by atoms with Crippen LogP contribution in [0.2, 0.25) is 0 Å². The maximum Gasteiger partial charge on any atom is 0.292 e. The summed E-state index contributed by atoms with van der Waals surface area (Å²) < 4.78 is 0. The lowest BCUT2D eigenvalue weighted by atomic mass is 10.1. The molecule has 3 aromatic carbocycles. The molecule has 0 fully saturated rings. The summed E-state index contributed by atoms with van der Waals surface area (Å²) in [5, 5.41) is 16.7. The number of anilines is 2. The van der Waals surface area contributed by atoms with Crippen molar-refractivity contribution in [1.82, 2.24) is 0 Å². The minimum Gasteiger partial charge on any atom is -0.371 e. The number of para-hydroxylation sites is 2. The highest BCUT2D eigenvalue weighted by Crippen LogP contribution is 2.37. The van der Waals surface area contributed by atoms with Gasteiger partial charge >= 0.3 is 0 Å².